The maximum atomic E-state index is 8.53. The van der Waals surface area contributed by atoms with Crippen LogP contribution in [0.2, 0.25) is 0 Å². The van der Waals surface area contributed by atoms with Crippen LogP contribution >= 0.6 is 0 Å². The van der Waals surface area contributed by atoms with Crippen molar-refractivity contribution in [1.29, 1.82) is 0 Å². The Morgan fingerprint density at radius 2 is 2.09 bits per heavy atom. The summed E-state index contributed by atoms with van der Waals surface area (Å²) in [5.41, 5.74) is 5.43. The normalized spacial score (nSPS) is 13.4. The lowest BCUT2D eigenvalue weighted by Gasteiger charge is -2.07. The van der Waals surface area contributed by atoms with Crippen LogP contribution < -0.4 is 5.73 Å². The second kappa shape index (κ2) is 7.94. The quantitative estimate of drug-likeness (QED) is 0.490. The molecule has 1 atom stereocenters. The fraction of sp³-hybridized carbons (Fsp3) is 1.00. The number of hydrogen-bond donors (Lipinski definition) is 2. The number of nitrogens with two attached hydrogens (primary N) is 1. The van der Waals surface area contributed by atoms with E-state index in [1.165, 1.54) is 0 Å². The molecule has 0 saturated heterocycles. The molecular formula is C7H17NO3. The summed E-state index contributed by atoms with van der Waals surface area (Å²) < 4.78 is 9.90. The van der Waals surface area contributed by atoms with Crippen LogP contribution in [0.3, 0.4) is 0 Å². The van der Waals surface area contributed by atoms with Crippen LogP contribution in [0.15, 0.2) is 0 Å². The van der Waals surface area contributed by atoms with Gasteiger partial charge >= 0.3 is 0 Å². The Morgan fingerprint density at radius 3 is 2.64 bits per heavy atom. The van der Waals surface area contributed by atoms with Crippen LogP contribution in [0.4, 0.5) is 0 Å². The van der Waals surface area contributed by atoms with E-state index in [0.29, 0.717) is 26.2 Å². The molecular weight excluding hydrogens is 146 g/mol. The van der Waals surface area contributed by atoms with Crippen LogP contribution in [-0.4, -0.2) is 44.7 Å². The van der Waals surface area contributed by atoms with Crippen LogP contribution in [0, 0.1) is 0 Å². The summed E-state index contributed by atoms with van der Waals surface area (Å²) in [5.74, 6) is 0. The average Bonchev–Trinajstić information content (AvgIpc) is 2.04. The molecule has 0 spiro atoms. The van der Waals surface area contributed by atoms with Crippen molar-refractivity contribution < 1.29 is 14.6 Å². The fourth-order valence-electron chi connectivity index (χ4n) is 0.570. The topological polar surface area (TPSA) is 64.7 Å². The standard InChI is InChI=1S/C7H17NO3/c1-10-4-5-11-3-2-7(8)6-9/h7,9H,2-6,8H2,1H3. The van der Waals surface area contributed by atoms with Gasteiger partial charge in [-0.25, -0.2) is 0 Å². The van der Waals surface area contributed by atoms with Crippen molar-refractivity contribution in [1.82, 2.24) is 0 Å². The Kier molecular flexibility index (Phi) is 7.83. The monoisotopic (exact) mass is 163 g/mol. The number of ether oxygens (including phenoxy) is 2. The minimum Gasteiger partial charge on any atom is -0.395 e. The Morgan fingerprint density at radius 1 is 1.36 bits per heavy atom. The fourth-order valence-corrected chi connectivity index (χ4v) is 0.570. The van der Waals surface area contributed by atoms with Gasteiger partial charge in [0, 0.05) is 19.8 Å². The number of rotatable bonds is 7. The molecule has 0 aliphatic carbocycles. The van der Waals surface area contributed by atoms with Gasteiger partial charge < -0.3 is 20.3 Å². The summed E-state index contributed by atoms with van der Waals surface area (Å²) in [5, 5.41) is 8.53. The van der Waals surface area contributed by atoms with Gasteiger partial charge in [-0.3, -0.25) is 0 Å². The molecule has 0 radical (unpaired) electrons. The molecule has 4 heteroatoms. The molecule has 0 fully saturated rings. The molecule has 11 heavy (non-hydrogen) atoms. The van der Waals surface area contributed by atoms with Crippen LogP contribution in [-0.2, 0) is 9.47 Å². The van der Waals surface area contributed by atoms with Crippen molar-refractivity contribution in [2.24, 2.45) is 5.73 Å². The first kappa shape index (κ1) is 10.8. The minimum atomic E-state index is -0.155. The number of hydrogen-bond acceptors (Lipinski definition) is 4. The Bertz CT molecular complexity index is 80.1. The second-order valence-corrected chi connectivity index (χ2v) is 2.34. The predicted molar refractivity (Wildman–Crippen MR) is 42.4 cm³/mol. The second-order valence-electron chi connectivity index (χ2n) is 2.34. The highest BCUT2D eigenvalue weighted by molar-refractivity contribution is 4.56. The summed E-state index contributed by atoms with van der Waals surface area (Å²) in [4.78, 5) is 0. The minimum absolute atomic E-state index is 0.0215. The lowest BCUT2D eigenvalue weighted by atomic mass is 10.2. The summed E-state index contributed by atoms with van der Waals surface area (Å²) >= 11 is 0. The van der Waals surface area contributed by atoms with Gasteiger partial charge in [-0.05, 0) is 6.42 Å². The maximum Gasteiger partial charge on any atom is 0.0700 e. The summed E-state index contributed by atoms with van der Waals surface area (Å²) in [7, 11) is 1.63. The molecule has 68 valence electrons. The average molecular weight is 163 g/mol. The number of aliphatic hydroxyl groups excluding tert-OH is 1. The molecule has 0 aromatic heterocycles. The van der Waals surface area contributed by atoms with Gasteiger partial charge in [0.25, 0.3) is 0 Å². The van der Waals surface area contributed by atoms with Gasteiger partial charge in [0.15, 0.2) is 0 Å². The molecule has 0 bridgehead atoms. The smallest absolute Gasteiger partial charge is 0.0700 e. The van der Waals surface area contributed by atoms with Gasteiger partial charge in [0.1, 0.15) is 0 Å². The van der Waals surface area contributed by atoms with E-state index in [-0.39, 0.29) is 12.6 Å². The van der Waals surface area contributed by atoms with Crippen LogP contribution in [0.1, 0.15) is 6.42 Å². The molecule has 0 rings (SSSR count). The third-order valence-corrected chi connectivity index (χ3v) is 1.30. The van der Waals surface area contributed by atoms with Gasteiger partial charge in [-0.1, -0.05) is 0 Å². The van der Waals surface area contributed by atoms with Gasteiger partial charge in [-0.2, -0.15) is 0 Å². The predicted octanol–water partition coefficient (Wildman–Crippen LogP) is -0.641. The van der Waals surface area contributed by atoms with E-state index in [1.807, 2.05) is 0 Å². The van der Waals surface area contributed by atoms with Crippen molar-refractivity contribution in [3.05, 3.63) is 0 Å². The molecule has 0 saturated carbocycles. The van der Waals surface area contributed by atoms with Gasteiger partial charge in [-0.15, -0.1) is 0 Å². The molecule has 4 nitrogen and oxygen atoms in total. The third kappa shape index (κ3) is 7.74. The zero-order chi connectivity index (χ0) is 8.53. The Hall–Kier alpha value is -0.160. The van der Waals surface area contributed by atoms with Gasteiger partial charge in [0.05, 0.1) is 19.8 Å². The summed E-state index contributed by atoms with van der Waals surface area (Å²) in [6.45, 7) is 1.81. The largest absolute Gasteiger partial charge is 0.395 e. The maximum absolute atomic E-state index is 8.53. The third-order valence-electron chi connectivity index (χ3n) is 1.30. The lowest BCUT2D eigenvalue weighted by Crippen LogP contribution is -2.26. The Labute approximate surface area is 67.3 Å². The molecule has 0 amide bonds. The molecule has 0 heterocycles. The molecule has 0 aromatic carbocycles. The first-order chi connectivity index (χ1) is 5.31. The molecule has 3 N–H and O–H groups in total. The highest BCUT2D eigenvalue weighted by Gasteiger charge is 1.98. The summed E-state index contributed by atoms with van der Waals surface area (Å²) in [6.07, 6.45) is 0.695. The van der Waals surface area contributed by atoms with Crippen molar-refractivity contribution in [3.8, 4) is 0 Å². The molecule has 1 unspecified atom stereocenters. The van der Waals surface area contributed by atoms with E-state index in [9.17, 15) is 0 Å². The number of aliphatic hydroxyl groups is 1. The molecule has 0 aliphatic rings. The van der Waals surface area contributed by atoms with Crippen molar-refractivity contribution in [2.75, 3.05) is 33.5 Å². The Balaban J connectivity index is 2.89. The van der Waals surface area contributed by atoms with Crippen molar-refractivity contribution in [3.63, 3.8) is 0 Å². The van der Waals surface area contributed by atoms with E-state index in [1.54, 1.807) is 7.11 Å². The van der Waals surface area contributed by atoms with E-state index in [2.05, 4.69) is 0 Å². The van der Waals surface area contributed by atoms with Crippen molar-refractivity contribution >= 4 is 0 Å². The highest BCUT2D eigenvalue weighted by atomic mass is 16.5. The zero-order valence-corrected chi connectivity index (χ0v) is 6.95. The highest BCUT2D eigenvalue weighted by Crippen LogP contribution is 1.87. The van der Waals surface area contributed by atoms with Crippen molar-refractivity contribution in [2.45, 2.75) is 12.5 Å². The molecule has 0 aromatic rings. The SMILES string of the molecule is COCCOCCC(N)CO. The van der Waals surface area contributed by atoms with E-state index in [4.69, 9.17) is 20.3 Å². The van der Waals surface area contributed by atoms with Crippen LogP contribution in [0.25, 0.3) is 0 Å². The molecule has 0 aliphatic heterocycles. The summed E-state index contributed by atoms with van der Waals surface area (Å²) in [6, 6.07) is -0.155. The van der Waals surface area contributed by atoms with E-state index >= 15 is 0 Å². The van der Waals surface area contributed by atoms with E-state index < -0.39 is 0 Å². The first-order valence-corrected chi connectivity index (χ1v) is 3.74. The number of methoxy groups -OCH3 is 1. The van der Waals surface area contributed by atoms with Gasteiger partial charge in [0.2, 0.25) is 0 Å². The van der Waals surface area contributed by atoms with E-state index in [0.717, 1.165) is 0 Å². The lowest BCUT2D eigenvalue weighted by molar-refractivity contribution is 0.0646. The zero-order valence-electron chi connectivity index (χ0n) is 6.95. The van der Waals surface area contributed by atoms with Crippen LogP contribution in [0.5, 0.6) is 0 Å². The first-order valence-electron chi connectivity index (χ1n) is 3.74.